The highest BCUT2D eigenvalue weighted by atomic mass is 35.5. The zero-order valence-electron chi connectivity index (χ0n) is 10.1. The van der Waals surface area contributed by atoms with E-state index < -0.39 is 15.9 Å². The Hall–Kier alpha value is -1.42. The molecule has 0 saturated carbocycles. The molecule has 5 N–H and O–H groups in total. The van der Waals surface area contributed by atoms with Crippen LogP contribution in [0.4, 0.5) is 5.82 Å². The minimum absolute atomic E-state index is 0.0587. The maximum absolute atomic E-state index is 11.9. The van der Waals surface area contributed by atoms with Gasteiger partial charge in [0, 0.05) is 12.7 Å². The monoisotopic (exact) mass is 307 g/mol. The Kier molecular flexibility index (Phi) is 5.48. The summed E-state index contributed by atoms with van der Waals surface area (Å²) >= 11 is 5.77. The number of nitrogens with two attached hydrogens (primary N) is 1. The lowest BCUT2D eigenvalue weighted by molar-refractivity contribution is -0.119. The first-order chi connectivity index (χ1) is 8.90. The van der Waals surface area contributed by atoms with Crippen molar-refractivity contribution in [3.8, 4) is 0 Å². The first kappa shape index (κ1) is 15.6. The van der Waals surface area contributed by atoms with Gasteiger partial charge < -0.3 is 10.7 Å². The number of pyridine rings is 1. The number of amides is 1. The zero-order valence-corrected chi connectivity index (χ0v) is 11.7. The van der Waals surface area contributed by atoms with E-state index in [-0.39, 0.29) is 22.3 Å². The van der Waals surface area contributed by atoms with Crippen molar-refractivity contribution in [3.63, 3.8) is 0 Å². The summed E-state index contributed by atoms with van der Waals surface area (Å²) in [5.74, 6) is 4.86. The van der Waals surface area contributed by atoms with Gasteiger partial charge in [0.15, 0.2) is 5.82 Å². The van der Waals surface area contributed by atoms with Crippen LogP contribution in [0.15, 0.2) is 17.2 Å². The number of anilines is 1. The van der Waals surface area contributed by atoms with Gasteiger partial charge in [0.25, 0.3) is 0 Å². The highest BCUT2D eigenvalue weighted by molar-refractivity contribution is 7.89. The summed E-state index contributed by atoms with van der Waals surface area (Å²) in [4.78, 5) is 14.8. The number of likely N-dealkylation sites (N-methyl/N-ethyl adjacent to an activating group) is 1. The predicted octanol–water partition coefficient (Wildman–Crippen LogP) is -0.565. The van der Waals surface area contributed by atoms with Gasteiger partial charge in [0.2, 0.25) is 15.9 Å². The highest BCUT2D eigenvalue weighted by Gasteiger charge is 2.17. The van der Waals surface area contributed by atoms with E-state index in [9.17, 15) is 13.2 Å². The summed E-state index contributed by atoms with van der Waals surface area (Å²) in [7, 11) is -3.85. The second kappa shape index (κ2) is 6.66. The zero-order chi connectivity index (χ0) is 14.5. The molecule has 1 rings (SSSR count). The molecule has 8 nitrogen and oxygen atoms in total. The van der Waals surface area contributed by atoms with Gasteiger partial charge in [0.05, 0.1) is 11.6 Å². The lowest BCUT2D eigenvalue weighted by Gasteiger charge is -2.08. The van der Waals surface area contributed by atoms with Crippen molar-refractivity contribution in [3.05, 3.63) is 17.3 Å². The van der Waals surface area contributed by atoms with Crippen molar-refractivity contribution in [2.24, 2.45) is 5.84 Å². The van der Waals surface area contributed by atoms with E-state index in [2.05, 4.69) is 20.4 Å². The fourth-order valence-corrected chi connectivity index (χ4v) is 2.41. The topological polar surface area (TPSA) is 126 Å². The number of aromatic nitrogens is 1. The molecule has 0 atom stereocenters. The van der Waals surface area contributed by atoms with Crippen molar-refractivity contribution in [2.45, 2.75) is 11.8 Å². The van der Waals surface area contributed by atoms with Crippen LogP contribution in [-0.4, -0.2) is 32.4 Å². The van der Waals surface area contributed by atoms with E-state index in [4.69, 9.17) is 17.4 Å². The first-order valence-electron chi connectivity index (χ1n) is 5.29. The molecule has 0 aliphatic heterocycles. The number of carbonyl (C=O) groups is 1. The van der Waals surface area contributed by atoms with E-state index >= 15 is 0 Å². The molecule has 0 aromatic carbocycles. The molecule has 0 unspecified atom stereocenters. The quantitative estimate of drug-likeness (QED) is 0.412. The van der Waals surface area contributed by atoms with Crippen LogP contribution in [0.1, 0.15) is 6.92 Å². The molecular weight excluding hydrogens is 294 g/mol. The van der Waals surface area contributed by atoms with Crippen LogP contribution in [0.25, 0.3) is 0 Å². The molecule has 0 spiro atoms. The van der Waals surface area contributed by atoms with Gasteiger partial charge in [-0.2, -0.15) is 0 Å². The maximum atomic E-state index is 11.9. The number of sulfonamides is 1. The van der Waals surface area contributed by atoms with Gasteiger partial charge in [0.1, 0.15) is 4.90 Å². The standard InChI is InChI=1S/C9H14ClN5O3S/c1-2-12-8(16)5-14-19(17,18)6-3-7(10)9(15-11)13-4-6/h3-4,14H,2,5,11H2,1H3,(H,12,16)(H,13,15). The molecule has 19 heavy (non-hydrogen) atoms. The maximum Gasteiger partial charge on any atom is 0.242 e. The van der Waals surface area contributed by atoms with Crippen LogP contribution < -0.4 is 21.3 Å². The number of carbonyl (C=O) groups excluding carboxylic acids is 1. The third-order valence-electron chi connectivity index (χ3n) is 2.06. The van der Waals surface area contributed by atoms with Crippen LogP contribution in [0.2, 0.25) is 5.02 Å². The fraction of sp³-hybridized carbons (Fsp3) is 0.333. The fourth-order valence-electron chi connectivity index (χ4n) is 1.18. The normalized spacial score (nSPS) is 11.1. The summed E-state index contributed by atoms with van der Waals surface area (Å²) in [5.41, 5.74) is 2.22. The Balaban J connectivity index is 2.83. The third kappa shape index (κ3) is 4.31. The summed E-state index contributed by atoms with van der Waals surface area (Å²) in [6.45, 7) is 1.80. The molecule has 0 aliphatic rings. The molecule has 10 heteroatoms. The van der Waals surface area contributed by atoms with Gasteiger partial charge in [-0.1, -0.05) is 11.6 Å². The van der Waals surface area contributed by atoms with E-state index in [0.717, 1.165) is 6.20 Å². The van der Waals surface area contributed by atoms with Gasteiger partial charge >= 0.3 is 0 Å². The van der Waals surface area contributed by atoms with E-state index in [1.54, 1.807) is 6.92 Å². The van der Waals surface area contributed by atoms with Gasteiger partial charge in [-0.05, 0) is 13.0 Å². The van der Waals surface area contributed by atoms with Crippen LogP contribution in [0.3, 0.4) is 0 Å². The van der Waals surface area contributed by atoms with Crippen LogP contribution in [-0.2, 0) is 14.8 Å². The third-order valence-corrected chi connectivity index (χ3v) is 3.72. The van der Waals surface area contributed by atoms with E-state index in [0.29, 0.717) is 6.54 Å². The van der Waals surface area contributed by atoms with Gasteiger partial charge in [-0.3, -0.25) is 4.79 Å². The average Bonchev–Trinajstić information content (AvgIpc) is 2.37. The molecule has 1 amide bonds. The Morgan fingerprint density at radius 1 is 1.53 bits per heavy atom. The molecule has 106 valence electrons. The molecular formula is C9H14ClN5O3S. The molecule has 1 heterocycles. The minimum atomic E-state index is -3.85. The Labute approximate surface area is 115 Å². The Morgan fingerprint density at radius 2 is 2.21 bits per heavy atom. The summed E-state index contributed by atoms with van der Waals surface area (Å²) < 4.78 is 25.8. The number of hydrazine groups is 1. The lowest BCUT2D eigenvalue weighted by atomic mass is 10.5. The molecule has 0 radical (unpaired) electrons. The van der Waals surface area contributed by atoms with Crippen molar-refractivity contribution in [1.82, 2.24) is 15.0 Å². The highest BCUT2D eigenvalue weighted by Crippen LogP contribution is 2.21. The number of nitrogens with one attached hydrogen (secondary N) is 3. The predicted molar refractivity (Wildman–Crippen MR) is 70.9 cm³/mol. The van der Waals surface area contributed by atoms with Crippen LogP contribution in [0.5, 0.6) is 0 Å². The molecule has 0 bridgehead atoms. The Morgan fingerprint density at radius 3 is 2.74 bits per heavy atom. The molecule has 1 aromatic heterocycles. The SMILES string of the molecule is CCNC(=O)CNS(=O)(=O)c1cnc(NN)c(Cl)c1. The Bertz CT molecular complexity index is 563. The molecule has 1 aromatic rings. The van der Waals surface area contributed by atoms with Crippen molar-refractivity contribution in [2.75, 3.05) is 18.5 Å². The number of hydrogen-bond acceptors (Lipinski definition) is 6. The molecule has 0 saturated heterocycles. The van der Waals surface area contributed by atoms with Crippen LogP contribution in [0, 0.1) is 0 Å². The first-order valence-corrected chi connectivity index (χ1v) is 7.15. The van der Waals surface area contributed by atoms with E-state index in [1.165, 1.54) is 6.07 Å². The largest absolute Gasteiger partial charge is 0.355 e. The van der Waals surface area contributed by atoms with Crippen molar-refractivity contribution < 1.29 is 13.2 Å². The average molecular weight is 308 g/mol. The van der Waals surface area contributed by atoms with Crippen molar-refractivity contribution in [1.29, 1.82) is 0 Å². The second-order valence-electron chi connectivity index (χ2n) is 3.42. The van der Waals surface area contributed by atoms with Crippen molar-refractivity contribution >= 4 is 33.3 Å². The number of rotatable bonds is 6. The summed E-state index contributed by atoms with van der Waals surface area (Å²) in [6, 6.07) is 1.18. The smallest absolute Gasteiger partial charge is 0.242 e. The van der Waals surface area contributed by atoms with Gasteiger partial charge in [-0.15, -0.1) is 0 Å². The number of nitrogens with zero attached hydrogens (tertiary/aromatic N) is 1. The summed E-state index contributed by atoms with van der Waals surface area (Å²) in [5, 5.41) is 2.52. The van der Waals surface area contributed by atoms with Gasteiger partial charge in [-0.25, -0.2) is 24.0 Å². The number of hydrogen-bond donors (Lipinski definition) is 4. The lowest BCUT2D eigenvalue weighted by Crippen LogP contribution is -2.36. The minimum Gasteiger partial charge on any atom is -0.355 e. The number of nitrogen functional groups attached to an aromatic ring is 1. The van der Waals surface area contributed by atoms with Crippen LogP contribution >= 0.6 is 11.6 Å². The van der Waals surface area contributed by atoms with E-state index in [1.807, 2.05) is 0 Å². The molecule has 0 aliphatic carbocycles. The summed E-state index contributed by atoms with van der Waals surface area (Å²) in [6.07, 6.45) is 1.08. The molecule has 0 fully saturated rings. The number of halogens is 1. The second-order valence-corrected chi connectivity index (χ2v) is 5.60.